The van der Waals surface area contributed by atoms with Gasteiger partial charge in [0.2, 0.25) is 0 Å². The molecule has 2 aromatic rings. The maximum atomic E-state index is 12.0. The van der Waals surface area contributed by atoms with Crippen LogP contribution in [0.5, 0.6) is 11.5 Å². The number of rotatable bonds is 22. The third kappa shape index (κ3) is 19.8. The summed E-state index contributed by atoms with van der Waals surface area (Å²) in [7, 11) is 0. The molecule has 4 rings (SSSR count). The SMILES string of the molecule is C=CC(=O)OCCCCCCCc1ccc(OC(=O)C2[CH-]CCC2)cc1.C=CC(=O)OCCCCCCCc1ccc(OC(=O)C2[CH-]CCC2)cc1.[Fe+2]. The van der Waals surface area contributed by atoms with Crippen LogP contribution < -0.4 is 9.47 Å². The number of esters is 4. The fourth-order valence-corrected chi connectivity index (χ4v) is 6.20. The number of hydrogen-bond donors (Lipinski definition) is 0. The van der Waals surface area contributed by atoms with Gasteiger partial charge in [0.25, 0.3) is 11.9 Å². The molecule has 9 heteroatoms. The van der Waals surface area contributed by atoms with Gasteiger partial charge in [0, 0.05) is 12.2 Å². The Balaban J connectivity index is 0.000000360. The van der Waals surface area contributed by atoms with Crippen LogP contribution in [-0.2, 0) is 58.6 Å². The average Bonchev–Trinajstić information content (AvgIpc) is 3.91. The van der Waals surface area contributed by atoms with Crippen LogP contribution in [0.25, 0.3) is 0 Å². The Hall–Kier alpha value is -3.68. The molecular weight excluding hydrogens is 712 g/mol. The molecule has 0 aliphatic heterocycles. The van der Waals surface area contributed by atoms with Gasteiger partial charge in [-0.15, -0.1) is 0 Å². The van der Waals surface area contributed by atoms with Gasteiger partial charge in [-0.1, -0.05) is 113 Å². The van der Waals surface area contributed by atoms with Crippen LogP contribution in [0.15, 0.2) is 73.8 Å². The van der Waals surface area contributed by atoms with Crippen molar-refractivity contribution >= 4 is 23.9 Å². The molecule has 2 fully saturated rings. The monoisotopic (exact) mass is 770 g/mol. The summed E-state index contributed by atoms with van der Waals surface area (Å²) in [6.07, 6.45) is 25.3. The predicted octanol–water partition coefficient (Wildman–Crippen LogP) is 9.63. The van der Waals surface area contributed by atoms with E-state index in [1.54, 1.807) is 0 Å². The summed E-state index contributed by atoms with van der Waals surface area (Å²) in [4.78, 5) is 45.7. The zero-order valence-corrected chi connectivity index (χ0v) is 32.4. The summed E-state index contributed by atoms with van der Waals surface area (Å²) < 4.78 is 20.8. The molecule has 2 saturated carbocycles. The molecule has 0 amide bonds. The maximum Gasteiger partial charge on any atom is 2.00 e. The van der Waals surface area contributed by atoms with E-state index in [2.05, 4.69) is 26.0 Å². The molecule has 0 heterocycles. The summed E-state index contributed by atoms with van der Waals surface area (Å²) in [5.74, 6) is 0.246. The molecular formula is C44H58FeO8. The molecule has 0 bridgehead atoms. The van der Waals surface area contributed by atoms with Gasteiger partial charge in [-0.3, -0.25) is 9.59 Å². The van der Waals surface area contributed by atoms with Crippen LogP contribution in [0.4, 0.5) is 0 Å². The van der Waals surface area contributed by atoms with Crippen LogP contribution in [-0.4, -0.2) is 37.1 Å². The fourth-order valence-electron chi connectivity index (χ4n) is 6.20. The van der Waals surface area contributed by atoms with Gasteiger partial charge in [-0.25, -0.2) is 9.59 Å². The van der Waals surface area contributed by atoms with E-state index < -0.39 is 0 Å². The molecule has 0 aromatic heterocycles. The molecule has 2 aliphatic rings. The van der Waals surface area contributed by atoms with Crippen molar-refractivity contribution in [2.24, 2.45) is 11.8 Å². The number of carbonyl (C=O) groups excluding carboxylic acids is 4. The van der Waals surface area contributed by atoms with Crippen molar-refractivity contribution in [2.45, 2.75) is 116 Å². The third-order valence-electron chi connectivity index (χ3n) is 9.27. The largest absolute Gasteiger partial charge is 2.00 e. The topological polar surface area (TPSA) is 105 Å². The number of carbonyl (C=O) groups is 4. The van der Waals surface area contributed by atoms with E-state index in [0.717, 1.165) is 116 Å². The Bertz CT molecular complexity index is 1250. The minimum absolute atomic E-state index is 0. The van der Waals surface area contributed by atoms with Crippen molar-refractivity contribution in [1.82, 2.24) is 0 Å². The molecule has 0 N–H and O–H groups in total. The van der Waals surface area contributed by atoms with Crippen molar-refractivity contribution in [3.8, 4) is 11.5 Å². The van der Waals surface area contributed by atoms with Crippen molar-refractivity contribution in [1.29, 1.82) is 0 Å². The van der Waals surface area contributed by atoms with Crippen molar-refractivity contribution in [2.75, 3.05) is 13.2 Å². The van der Waals surface area contributed by atoms with Gasteiger partial charge in [-0.05, 0) is 73.9 Å². The molecule has 290 valence electrons. The molecule has 2 aliphatic carbocycles. The van der Waals surface area contributed by atoms with Gasteiger partial charge >= 0.3 is 29.0 Å². The van der Waals surface area contributed by atoms with E-state index in [1.165, 1.54) is 23.3 Å². The third-order valence-corrected chi connectivity index (χ3v) is 9.27. The Morgan fingerprint density at radius 1 is 0.566 bits per heavy atom. The number of hydrogen-bond acceptors (Lipinski definition) is 8. The van der Waals surface area contributed by atoms with E-state index in [9.17, 15) is 19.2 Å². The molecule has 2 aromatic carbocycles. The Kier molecular flexibility index (Phi) is 23.9. The van der Waals surface area contributed by atoms with Crippen LogP contribution in [0.2, 0.25) is 0 Å². The first-order chi connectivity index (χ1) is 25.4. The van der Waals surface area contributed by atoms with Gasteiger partial charge in [-0.2, -0.15) is 12.8 Å². The smallest absolute Gasteiger partial charge is 0.463 e. The average molecular weight is 771 g/mol. The minimum atomic E-state index is -0.347. The van der Waals surface area contributed by atoms with Gasteiger partial charge < -0.3 is 31.8 Å². The Morgan fingerprint density at radius 3 is 1.26 bits per heavy atom. The fraction of sp³-hybridized carbons (Fsp3) is 0.500. The first-order valence-electron chi connectivity index (χ1n) is 19.2. The van der Waals surface area contributed by atoms with Crippen LogP contribution in [0, 0.1) is 24.7 Å². The summed E-state index contributed by atoms with van der Waals surface area (Å²) >= 11 is 0. The van der Waals surface area contributed by atoms with Crippen molar-refractivity contribution in [3.63, 3.8) is 0 Å². The summed E-state index contributed by atoms with van der Waals surface area (Å²) in [6, 6.07) is 15.7. The molecule has 0 spiro atoms. The molecule has 2 unspecified atom stereocenters. The van der Waals surface area contributed by atoms with Gasteiger partial charge in [0.05, 0.1) is 13.2 Å². The summed E-state index contributed by atoms with van der Waals surface area (Å²) in [6.45, 7) is 7.68. The number of aryl methyl sites for hydroxylation is 2. The second-order valence-electron chi connectivity index (χ2n) is 13.5. The second kappa shape index (κ2) is 27.9. The number of ether oxygens (including phenoxy) is 4. The van der Waals surface area contributed by atoms with Crippen molar-refractivity contribution < 1.29 is 55.2 Å². The van der Waals surface area contributed by atoms with Crippen molar-refractivity contribution in [3.05, 3.63) is 97.8 Å². The first kappa shape index (κ1) is 45.5. The predicted molar refractivity (Wildman–Crippen MR) is 203 cm³/mol. The van der Waals surface area contributed by atoms with Crippen LogP contribution in [0.3, 0.4) is 0 Å². The van der Waals surface area contributed by atoms with Gasteiger partial charge in [0.15, 0.2) is 0 Å². The zero-order valence-electron chi connectivity index (χ0n) is 31.3. The van der Waals surface area contributed by atoms with E-state index in [-0.39, 0.29) is 52.8 Å². The standard InChI is InChI=1S/2C22H29O4.Fe/c2*1-2-21(23)25-17-9-5-3-4-6-10-18-13-15-20(16-14-18)26-22(24)19-11-7-8-12-19;/h2*2,11,13-16,19H,1,3-10,12,17H2;/q2*-1;+2. The molecule has 0 radical (unpaired) electrons. The minimum Gasteiger partial charge on any atom is -0.463 e. The van der Waals surface area contributed by atoms with E-state index in [4.69, 9.17) is 18.9 Å². The zero-order chi connectivity index (χ0) is 37.2. The van der Waals surface area contributed by atoms with Crippen LogP contribution in [0.1, 0.15) is 114 Å². The molecule has 0 saturated heterocycles. The van der Waals surface area contributed by atoms with E-state index in [0.29, 0.717) is 24.7 Å². The first-order valence-corrected chi connectivity index (χ1v) is 19.2. The second-order valence-corrected chi connectivity index (χ2v) is 13.5. The Morgan fingerprint density at radius 2 is 0.925 bits per heavy atom. The molecule has 8 nitrogen and oxygen atoms in total. The quantitative estimate of drug-likeness (QED) is 0.0291. The van der Waals surface area contributed by atoms with Crippen LogP contribution >= 0.6 is 0 Å². The summed E-state index contributed by atoms with van der Waals surface area (Å²) in [5, 5.41) is 0. The Labute approximate surface area is 327 Å². The van der Waals surface area contributed by atoms with Gasteiger partial charge in [0.1, 0.15) is 11.5 Å². The number of unbranched alkanes of at least 4 members (excludes halogenated alkanes) is 8. The molecule has 53 heavy (non-hydrogen) atoms. The maximum absolute atomic E-state index is 12.0. The molecule has 2 atom stereocenters. The summed E-state index contributed by atoms with van der Waals surface area (Å²) in [5.41, 5.74) is 2.52. The normalized spacial score (nSPS) is 15.9. The van der Waals surface area contributed by atoms with E-state index >= 15 is 0 Å². The van der Waals surface area contributed by atoms with E-state index in [1.807, 2.05) is 48.5 Å². The number of benzene rings is 2.